The number of hydrogen-bond acceptors (Lipinski definition) is 7. The van der Waals surface area contributed by atoms with Crippen molar-refractivity contribution in [2.24, 2.45) is 0 Å². The molecule has 164 valence electrons. The largest absolute Gasteiger partial charge is 0.476 e. The molecular formula is C20H23N5O6. The maximum absolute atomic E-state index is 12.8. The quantitative estimate of drug-likeness (QED) is 0.649. The van der Waals surface area contributed by atoms with Crippen molar-refractivity contribution in [2.45, 2.75) is 13.3 Å². The molecule has 11 nitrogen and oxygen atoms in total. The Bertz CT molecular complexity index is 1010. The second-order valence-corrected chi connectivity index (χ2v) is 7.12. The third-order valence-electron chi connectivity index (χ3n) is 5.23. The van der Waals surface area contributed by atoms with Gasteiger partial charge in [0.25, 0.3) is 11.8 Å². The molecule has 1 saturated heterocycles. The molecular weight excluding hydrogens is 406 g/mol. The summed E-state index contributed by atoms with van der Waals surface area (Å²) in [4.78, 5) is 43.9. The number of carboxylic acid groups (broad SMARTS) is 1. The van der Waals surface area contributed by atoms with Crippen molar-refractivity contribution < 1.29 is 28.6 Å². The first-order valence-corrected chi connectivity index (χ1v) is 10.0. The number of anilines is 2. The highest BCUT2D eigenvalue weighted by Crippen LogP contribution is 2.28. The summed E-state index contributed by atoms with van der Waals surface area (Å²) in [6, 6.07) is 3.42. The van der Waals surface area contributed by atoms with Crippen LogP contribution in [0.3, 0.4) is 0 Å². The summed E-state index contributed by atoms with van der Waals surface area (Å²) in [6.45, 7) is 4.40. The number of hydrogen-bond donors (Lipinski definition) is 3. The highest BCUT2D eigenvalue weighted by atomic mass is 16.5. The van der Waals surface area contributed by atoms with Crippen LogP contribution in [0.15, 0.2) is 22.8 Å². The van der Waals surface area contributed by atoms with Gasteiger partial charge in [-0.3, -0.25) is 9.59 Å². The number of pyridine rings is 1. The number of amides is 3. The Morgan fingerprint density at radius 3 is 2.77 bits per heavy atom. The number of aromatic nitrogens is 1. The number of carbonyl (C=O) groups is 3. The lowest BCUT2D eigenvalue weighted by atomic mass is 10.0. The minimum absolute atomic E-state index is 0.156. The molecule has 4 heterocycles. The number of furan rings is 1. The molecule has 0 spiro atoms. The fourth-order valence-electron chi connectivity index (χ4n) is 3.64. The van der Waals surface area contributed by atoms with E-state index < -0.39 is 12.0 Å². The van der Waals surface area contributed by atoms with Gasteiger partial charge in [0.1, 0.15) is 23.5 Å². The van der Waals surface area contributed by atoms with Crippen molar-refractivity contribution >= 4 is 29.4 Å². The van der Waals surface area contributed by atoms with E-state index in [-0.39, 0.29) is 22.9 Å². The Labute approximate surface area is 178 Å². The van der Waals surface area contributed by atoms with Gasteiger partial charge < -0.3 is 34.7 Å². The number of carbonyl (C=O) groups excluding carboxylic acids is 2. The predicted octanol–water partition coefficient (Wildman–Crippen LogP) is 1.41. The van der Waals surface area contributed by atoms with Gasteiger partial charge in [0.2, 0.25) is 5.88 Å². The minimum atomic E-state index is -0.934. The monoisotopic (exact) mass is 429 g/mol. The van der Waals surface area contributed by atoms with E-state index in [4.69, 9.17) is 14.3 Å². The van der Waals surface area contributed by atoms with E-state index in [0.29, 0.717) is 63.0 Å². The minimum Gasteiger partial charge on any atom is -0.476 e. The van der Waals surface area contributed by atoms with Gasteiger partial charge in [-0.25, -0.2) is 4.79 Å². The van der Waals surface area contributed by atoms with Gasteiger partial charge in [0, 0.05) is 39.1 Å². The Morgan fingerprint density at radius 2 is 2.06 bits per heavy atom. The normalized spacial score (nSPS) is 15.8. The van der Waals surface area contributed by atoms with Crippen LogP contribution in [-0.4, -0.2) is 72.2 Å². The molecule has 31 heavy (non-hydrogen) atoms. The zero-order valence-corrected chi connectivity index (χ0v) is 17.0. The third-order valence-corrected chi connectivity index (χ3v) is 5.23. The van der Waals surface area contributed by atoms with Gasteiger partial charge in [-0.2, -0.15) is 4.98 Å². The summed E-state index contributed by atoms with van der Waals surface area (Å²) in [5, 5.41) is 14.6. The van der Waals surface area contributed by atoms with Crippen LogP contribution in [0.1, 0.15) is 33.4 Å². The molecule has 0 atom stereocenters. The SMILES string of the molecule is CCOc1nc(N2CCN(C(=O)O)CC2)ccc1NC(=O)c1coc2c1C(=O)NCC2. The molecule has 0 unspecified atom stereocenters. The van der Waals surface area contributed by atoms with Crippen molar-refractivity contribution in [2.75, 3.05) is 49.5 Å². The first kappa shape index (κ1) is 20.5. The number of fused-ring (bicyclic) bond motifs is 1. The predicted molar refractivity (Wildman–Crippen MR) is 110 cm³/mol. The van der Waals surface area contributed by atoms with Crippen LogP contribution in [0.25, 0.3) is 0 Å². The summed E-state index contributed by atoms with van der Waals surface area (Å²) in [5.41, 5.74) is 0.775. The van der Waals surface area contributed by atoms with Gasteiger partial charge >= 0.3 is 6.09 Å². The van der Waals surface area contributed by atoms with Crippen LogP contribution in [-0.2, 0) is 6.42 Å². The van der Waals surface area contributed by atoms with Crippen molar-refractivity contribution in [3.8, 4) is 5.88 Å². The number of nitrogens with one attached hydrogen (secondary N) is 2. The molecule has 0 saturated carbocycles. The van der Waals surface area contributed by atoms with Crippen molar-refractivity contribution in [3.05, 3.63) is 35.3 Å². The number of ether oxygens (including phenoxy) is 1. The zero-order valence-electron chi connectivity index (χ0n) is 17.0. The van der Waals surface area contributed by atoms with E-state index in [1.54, 1.807) is 12.1 Å². The molecule has 0 radical (unpaired) electrons. The fourth-order valence-corrected chi connectivity index (χ4v) is 3.64. The van der Waals surface area contributed by atoms with Crippen LogP contribution in [0.2, 0.25) is 0 Å². The smallest absolute Gasteiger partial charge is 0.407 e. The maximum Gasteiger partial charge on any atom is 0.407 e. The number of piperazine rings is 1. The Hall–Kier alpha value is -3.76. The molecule has 2 aliphatic heterocycles. The van der Waals surface area contributed by atoms with Crippen LogP contribution in [0.4, 0.5) is 16.3 Å². The van der Waals surface area contributed by atoms with Gasteiger partial charge in [-0.15, -0.1) is 0 Å². The van der Waals surface area contributed by atoms with E-state index in [0.717, 1.165) is 0 Å². The van der Waals surface area contributed by atoms with E-state index in [9.17, 15) is 14.4 Å². The standard InChI is InChI=1S/C20H23N5O6/c1-2-30-19-13(3-4-15(23-19)24-7-9-25(10-8-24)20(28)29)22-17(26)12-11-31-14-5-6-21-18(27)16(12)14/h3-4,11H,2,5-10H2,1H3,(H,21,27)(H,22,26)(H,28,29). The molecule has 0 aromatic carbocycles. The first-order valence-electron chi connectivity index (χ1n) is 10.0. The molecule has 0 bridgehead atoms. The maximum atomic E-state index is 12.8. The number of rotatable bonds is 5. The van der Waals surface area contributed by atoms with E-state index >= 15 is 0 Å². The molecule has 0 aliphatic carbocycles. The van der Waals surface area contributed by atoms with Crippen LogP contribution in [0, 0.1) is 0 Å². The zero-order chi connectivity index (χ0) is 22.0. The first-order chi connectivity index (χ1) is 15.0. The van der Waals surface area contributed by atoms with Crippen LogP contribution < -0.4 is 20.3 Å². The lowest BCUT2D eigenvalue weighted by molar-refractivity contribution is 0.0931. The molecule has 2 aromatic heterocycles. The van der Waals surface area contributed by atoms with Gasteiger partial charge in [-0.1, -0.05) is 0 Å². The highest BCUT2D eigenvalue weighted by Gasteiger charge is 2.28. The Balaban J connectivity index is 1.52. The third kappa shape index (κ3) is 4.11. The van der Waals surface area contributed by atoms with Gasteiger partial charge in [0.15, 0.2) is 0 Å². The topological polar surface area (TPSA) is 137 Å². The second kappa shape index (κ2) is 8.54. The van der Waals surface area contributed by atoms with E-state index in [2.05, 4.69) is 15.6 Å². The van der Waals surface area contributed by atoms with Crippen molar-refractivity contribution in [1.29, 1.82) is 0 Å². The lowest BCUT2D eigenvalue weighted by Gasteiger charge is -2.34. The molecule has 4 rings (SSSR count). The summed E-state index contributed by atoms with van der Waals surface area (Å²) in [6.07, 6.45) is 0.884. The summed E-state index contributed by atoms with van der Waals surface area (Å²) < 4.78 is 11.0. The fraction of sp³-hybridized carbons (Fsp3) is 0.400. The van der Waals surface area contributed by atoms with Crippen LogP contribution in [0.5, 0.6) is 5.88 Å². The molecule has 3 amide bonds. The average Bonchev–Trinajstić information content (AvgIpc) is 3.21. The molecule has 2 aliphatic rings. The Morgan fingerprint density at radius 1 is 1.29 bits per heavy atom. The molecule has 2 aromatic rings. The summed E-state index contributed by atoms with van der Waals surface area (Å²) in [7, 11) is 0. The molecule has 11 heteroatoms. The van der Waals surface area contributed by atoms with Crippen LogP contribution >= 0.6 is 0 Å². The summed E-state index contributed by atoms with van der Waals surface area (Å²) in [5.74, 6) is 0.544. The Kier molecular flexibility index (Phi) is 5.65. The average molecular weight is 429 g/mol. The van der Waals surface area contributed by atoms with Crippen molar-refractivity contribution in [3.63, 3.8) is 0 Å². The summed E-state index contributed by atoms with van der Waals surface area (Å²) >= 11 is 0. The lowest BCUT2D eigenvalue weighted by Crippen LogP contribution is -2.48. The van der Waals surface area contributed by atoms with Gasteiger partial charge in [0.05, 0.1) is 17.7 Å². The van der Waals surface area contributed by atoms with Gasteiger partial charge in [-0.05, 0) is 19.1 Å². The molecule has 3 N–H and O–H groups in total. The van der Waals surface area contributed by atoms with Crippen molar-refractivity contribution in [1.82, 2.24) is 15.2 Å². The number of nitrogens with zero attached hydrogens (tertiary/aromatic N) is 3. The molecule has 1 fully saturated rings. The highest BCUT2D eigenvalue weighted by molar-refractivity contribution is 6.13. The second-order valence-electron chi connectivity index (χ2n) is 7.12. The van der Waals surface area contributed by atoms with E-state index in [1.807, 2.05) is 11.8 Å². The van der Waals surface area contributed by atoms with E-state index in [1.165, 1.54) is 11.2 Å².